The Hall–Kier alpha value is -1.82. The van der Waals surface area contributed by atoms with Crippen LogP contribution in [0.15, 0.2) is 21.9 Å². The number of thiazole rings is 1. The zero-order valence-corrected chi connectivity index (χ0v) is 13.3. The normalized spacial score (nSPS) is 12.1. The van der Waals surface area contributed by atoms with E-state index in [2.05, 4.69) is 10.3 Å². The first-order valence-corrected chi connectivity index (χ1v) is 7.89. The molecule has 0 aliphatic carbocycles. The molecule has 2 aromatic rings. The van der Waals surface area contributed by atoms with E-state index in [9.17, 15) is 4.79 Å². The molecule has 1 unspecified atom stereocenters. The van der Waals surface area contributed by atoms with E-state index in [-0.39, 0.29) is 12.0 Å². The van der Waals surface area contributed by atoms with Crippen LogP contribution >= 0.6 is 11.3 Å². The molecule has 114 valence electrons. The number of ether oxygens (including phenoxy) is 1. The third kappa shape index (κ3) is 4.60. The molecule has 0 amide bonds. The van der Waals surface area contributed by atoms with Gasteiger partial charge in [-0.15, -0.1) is 11.3 Å². The van der Waals surface area contributed by atoms with Crippen molar-refractivity contribution in [2.75, 3.05) is 11.9 Å². The van der Waals surface area contributed by atoms with E-state index in [4.69, 9.17) is 9.15 Å². The van der Waals surface area contributed by atoms with Gasteiger partial charge in [-0.1, -0.05) is 0 Å². The monoisotopic (exact) mass is 308 g/mol. The van der Waals surface area contributed by atoms with E-state index in [1.165, 1.54) is 11.3 Å². The Morgan fingerprint density at radius 1 is 1.52 bits per heavy atom. The summed E-state index contributed by atoms with van der Waals surface area (Å²) in [4.78, 5) is 15.8. The van der Waals surface area contributed by atoms with Crippen LogP contribution in [-0.2, 0) is 16.0 Å². The van der Waals surface area contributed by atoms with Crippen LogP contribution in [0.5, 0.6) is 0 Å². The van der Waals surface area contributed by atoms with Crippen molar-refractivity contribution in [3.63, 3.8) is 0 Å². The van der Waals surface area contributed by atoms with Gasteiger partial charge in [0, 0.05) is 11.8 Å². The molecule has 0 saturated heterocycles. The van der Waals surface area contributed by atoms with E-state index in [1.807, 2.05) is 31.4 Å². The molecule has 0 aliphatic heterocycles. The lowest BCUT2D eigenvalue weighted by Gasteiger charge is -2.09. The maximum atomic E-state index is 11.3. The number of nitrogens with one attached hydrogen (secondary N) is 1. The summed E-state index contributed by atoms with van der Waals surface area (Å²) in [6.45, 7) is 6.17. The highest BCUT2D eigenvalue weighted by Crippen LogP contribution is 2.24. The maximum absolute atomic E-state index is 11.3. The number of aromatic nitrogens is 1. The van der Waals surface area contributed by atoms with Crippen molar-refractivity contribution in [3.05, 3.63) is 34.7 Å². The molecule has 0 bridgehead atoms. The summed E-state index contributed by atoms with van der Waals surface area (Å²) >= 11 is 1.53. The summed E-state index contributed by atoms with van der Waals surface area (Å²) in [5, 5.41) is 6.09. The topological polar surface area (TPSA) is 64.4 Å². The summed E-state index contributed by atoms with van der Waals surface area (Å²) in [7, 11) is 0. The summed E-state index contributed by atoms with van der Waals surface area (Å²) in [5.41, 5.74) is 0.901. The second kappa shape index (κ2) is 7.26. The van der Waals surface area contributed by atoms with E-state index < -0.39 is 0 Å². The predicted octanol–water partition coefficient (Wildman–Crippen LogP) is 3.71. The molecule has 2 heterocycles. The highest BCUT2D eigenvalue weighted by Gasteiger charge is 2.12. The third-order valence-electron chi connectivity index (χ3n) is 2.97. The van der Waals surface area contributed by atoms with Gasteiger partial charge in [0.05, 0.1) is 24.8 Å². The molecule has 1 atom stereocenters. The van der Waals surface area contributed by atoms with Crippen LogP contribution in [-0.4, -0.2) is 17.6 Å². The fraction of sp³-hybridized carbons (Fsp3) is 0.467. The summed E-state index contributed by atoms with van der Waals surface area (Å²) in [6.07, 6.45) is 0.967. The molecule has 0 radical (unpaired) electrons. The van der Waals surface area contributed by atoms with E-state index in [0.29, 0.717) is 19.4 Å². The minimum atomic E-state index is -0.181. The predicted molar refractivity (Wildman–Crippen MR) is 82.6 cm³/mol. The second-order valence-corrected chi connectivity index (χ2v) is 5.62. The summed E-state index contributed by atoms with van der Waals surface area (Å²) in [5.74, 6) is 1.60. The van der Waals surface area contributed by atoms with Crippen LogP contribution in [0.3, 0.4) is 0 Å². The van der Waals surface area contributed by atoms with E-state index in [1.54, 1.807) is 6.92 Å². The van der Waals surface area contributed by atoms with Crippen LogP contribution in [0.1, 0.15) is 43.5 Å². The molecule has 0 fully saturated rings. The fourth-order valence-corrected chi connectivity index (χ4v) is 2.73. The van der Waals surface area contributed by atoms with E-state index >= 15 is 0 Å². The van der Waals surface area contributed by atoms with Crippen molar-refractivity contribution in [3.8, 4) is 0 Å². The smallest absolute Gasteiger partial charge is 0.306 e. The first-order valence-electron chi connectivity index (χ1n) is 7.01. The van der Waals surface area contributed by atoms with Gasteiger partial charge < -0.3 is 14.5 Å². The molecule has 6 heteroatoms. The standard InChI is InChI=1S/C15H20N2O3S/c1-4-19-14(18)8-6-12-9-21-15(17-12)16-11(3)13-7-5-10(2)20-13/h5,7,9,11H,4,6,8H2,1-3H3,(H,16,17). The van der Waals surface area contributed by atoms with Crippen molar-refractivity contribution >= 4 is 22.4 Å². The minimum Gasteiger partial charge on any atom is -0.466 e. The number of rotatable bonds is 7. The van der Waals surface area contributed by atoms with Gasteiger partial charge in [-0.3, -0.25) is 4.79 Å². The Balaban J connectivity index is 1.86. The third-order valence-corrected chi connectivity index (χ3v) is 3.79. The van der Waals surface area contributed by atoms with Gasteiger partial charge in [-0.25, -0.2) is 4.98 Å². The van der Waals surface area contributed by atoms with Gasteiger partial charge in [0.25, 0.3) is 0 Å². The number of anilines is 1. The van der Waals surface area contributed by atoms with Crippen molar-refractivity contribution in [2.24, 2.45) is 0 Å². The molecule has 0 saturated carbocycles. The van der Waals surface area contributed by atoms with Crippen molar-refractivity contribution in [2.45, 2.75) is 39.7 Å². The highest BCUT2D eigenvalue weighted by molar-refractivity contribution is 7.13. The van der Waals surface area contributed by atoms with Crippen LogP contribution in [0.4, 0.5) is 5.13 Å². The number of nitrogens with zero attached hydrogens (tertiary/aromatic N) is 1. The van der Waals surface area contributed by atoms with Gasteiger partial charge >= 0.3 is 5.97 Å². The molecule has 2 aromatic heterocycles. The Labute approximate surface area is 128 Å². The lowest BCUT2D eigenvalue weighted by Crippen LogP contribution is -2.06. The fourth-order valence-electron chi connectivity index (χ4n) is 1.89. The average Bonchev–Trinajstić information content (AvgIpc) is 3.06. The Morgan fingerprint density at radius 3 is 3.00 bits per heavy atom. The molecule has 0 aliphatic rings. The number of carbonyl (C=O) groups excluding carboxylic acids is 1. The Morgan fingerprint density at radius 2 is 2.33 bits per heavy atom. The zero-order chi connectivity index (χ0) is 15.2. The number of furan rings is 1. The summed E-state index contributed by atoms with van der Waals surface area (Å²) in [6, 6.07) is 3.96. The summed E-state index contributed by atoms with van der Waals surface area (Å²) < 4.78 is 10.5. The van der Waals surface area contributed by atoms with Gasteiger partial charge in [0.2, 0.25) is 0 Å². The van der Waals surface area contributed by atoms with Gasteiger partial charge in [0.15, 0.2) is 5.13 Å². The van der Waals surface area contributed by atoms with Crippen molar-refractivity contribution in [1.29, 1.82) is 0 Å². The largest absolute Gasteiger partial charge is 0.466 e. The van der Waals surface area contributed by atoms with Gasteiger partial charge in [-0.2, -0.15) is 0 Å². The zero-order valence-electron chi connectivity index (χ0n) is 12.5. The maximum Gasteiger partial charge on any atom is 0.306 e. The number of esters is 1. The van der Waals surface area contributed by atoms with Gasteiger partial charge in [0.1, 0.15) is 11.5 Å². The van der Waals surface area contributed by atoms with Gasteiger partial charge in [-0.05, 0) is 32.9 Å². The Bertz CT molecular complexity index is 591. The molecule has 0 spiro atoms. The molecular formula is C15H20N2O3S. The second-order valence-electron chi connectivity index (χ2n) is 4.76. The molecule has 2 rings (SSSR count). The Kier molecular flexibility index (Phi) is 5.38. The van der Waals surface area contributed by atoms with Crippen molar-refractivity contribution in [1.82, 2.24) is 4.98 Å². The number of carbonyl (C=O) groups is 1. The van der Waals surface area contributed by atoms with Crippen molar-refractivity contribution < 1.29 is 13.9 Å². The number of aryl methyl sites for hydroxylation is 2. The van der Waals surface area contributed by atoms with E-state index in [0.717, 1.165) is 22.3 Å². The lowest BCUT2D eigenvalue weighted by atomic mass is 10.2. The quantitative estimate of drug-likeness (QED) is 0.790. The number of hydrogen-bond acceptors (Lipinski definition) is 6. The first-order chi connectivity index (χ1) is 10.1. The molecule has 21 heavy (non-hydrogen) atoms. The SMILES string of the molecule is CCOC(=O)CCc1csc(NC(C)c2ccc(C)o2)n1. The molecule has 1 N–H and O–H groups in total. The van der Waals surface area contributed by atoms with Crippen LogP contribution in [0.25, 0.3) is 0 Å². The minimum absolute atomic E-state index is 0.0581. The van der Waals surface area contributed by atoms with Crippen LogP contribution < -0.4 is 5.32 Å². The first kappa shape index (κ1) is 15.6. The average molecular weight is 308 g/mol. The van der Waals surface area contributed by atoms with Crippen LogP contribution in [0, 0.1) is 6.92 Å². The van der Waals surface area contributed by atoms with Crippen LogP contribution in [0.2, 0.25) is 0 Å². The number of hydrogen-bond donors (Lipinski definition) is 1. The molecular weight excluding hydrogens is 288 g/mol. The highest BCUT2D eigenvalue weighted by atomic mass is 32.1. The lowest BCUT2D eigenvalue weighted by molar-refractivity contribution is -0.143. The molecule has 5 nitrogen and oxygen atoms in total. The molecule has 0 aromatic carbocycles.